The second-order valence-corrected chi connectivity index (χ2v) is 3.49. The molecule has 1 aromatic heterocycles. The van der Waals surface area contributed by atoms with Crippen LogP contribution in [0.3, 0.4) is 0 Å². The molecule has 2 N–H and O–H groups in total. The third-order valence-electron chi connectivity index (χ3n) is 1.22. The van der Waals surface area contributed by atoms with Gasteiger partial charge in [-0.1, -0.05) is 0 Å². The predicted octanol–water partition coefficient (Wildman–Crippen LogP) is 1.48. The van der Waals surface area contributed by atoms with Crippen LogP contribution < -0.4 is 5.32 Å². The van der Waals surface area contributed by atoms with Crippen molar-refractivity contribution in [2.75, 3.05) is 6.61 Å². The maximum absolute atomic E-state index is 9.96. The van der Waals surface area contributed by atoms with Crippen LogP contribution in [0.15, 0.2) is 11.6 Å². The van der Waals surface area contributed by atoms with E-state index in [4.69, 9.17) is 5.11 Å². The zero-order valence-corrected chi connectivity index (χ0v) is 9.91. The topological polar surface area (TPSA) is 88.5 Å². The molecule has 1 rings (SSSR count). The molecule has 0 fully saturated rings. The third-order valence-corrected chi connectivity index (χ3v) is 2.00. The van der Waals surface area contributed by atoms with Crippen LogP contribution >= 0.6 is 11.3 Å². The van der Waals surface area contributed by atoms with Crippen LogP contribution in [0.1, 0.15) is 18.9 Å². The molecule has 0 aliphatic rings. The van der Waals surface area contributed by atoms with Crippen LogP contribution in [0.4, 0.5) is 4.79 Å². The molecule has 1 aromatic rings. The summed E-state index contributed by atoms with van der Waals surface area (Å²) in [5.74, 6) is -0.211. The van der Waals surface area contributed by atoms with Crippen molar-refractivity contribution >= 4 is 23.4 Å². The molecule has 0 radical (unpaired) electrons. The minimum atomic E-state index is -1.02. The third kappa shape index (κ3) is 8.95. The fraction of sp³-hybridized carbons (Fsp3) is 0.444. The number of thiazole rings is 1. The largest absolute Gasteiger partial charge is 0.466 e. The van der Waals surface area contributed by atoms with Gasteiger partial charge >= 0.3 is 12.1 Å². The number of esters is 1. The second kappa shape index (κ2) is 8.66. The number of nitrogens with zero attached hydrogens (tertiary/aromatic N) is 1. The van der Waals surface area contributed by atoms with Crippen molar-refractivity contribution < 1.29 is 19.4 Å². The predicted molar refractivity (Wildman–Crippen MR) is 59.3 cm³/mol. The highest BCUT2D eigenvalue weighted by molar-refractivity contribution is 7.09. The van der Waals surface area contributed by atoms with Crippen molar-refractivity contribution in [1.82, 2.24) is 10.3 Å². The lowest BCUT2D eigenvalue weighted by atomic mass is 10.7. The van der Waals surface area contributed by atoms with Crippen LogP contribution in [-0.4, -0.2) is 28.8 Å². The molecule has 0 saturated carbocycles. The highest BCUT2D eigenvalue weighted by Crippen LogP contribution is 2.01. The Morgan fingerprint density at radius 1 is 1.62 bits per heavy atom. The standard InChI is InChI=1S/C5H6N2O2S.C4H8O2/c8-5(9)7-3-4-6-1-2-10-4;1-3-6-4(2)5/h1-2,7H,3H2,(H,8,9);3H2,1-2H3. The molecule has 0 aliphatic carbocycles. The number of carbonyl (C=O) groups is 2. The fourth-order valence-electron chi connectivity index (χ4n) is 0.695. The van der Waals surface area contributed by atoms with Crippen LogP contribution in [0.25, 0.3) is 0 Å². The number of carboxylic acid groups (broad SMARTS) is 1. The molecule has 0 aromatic carbocycles. The summed E-state index contributed by atoms with van der Waals surface area (Å²) in [6.07, 6.45) is 0.624. The van der Waals surface area contributed by atoms with Gasteiger partial charge in [0.2, 0.25) is 0 Å². The molecule has 16 heavy (non-hydrogen) atoms. The number of hydrogen-bond acceptors (Lipinski definition) is 5. The summed E-state index contributed by atoms with van der Waals surface area (Å²) in [6, 6.07) is 0. The zero-order chi connectivity index (χ0) is 12.4. The average Bonchev–Trinajstić information content (AvgIpc) is 2.67. The van der Waals surface area contributed by atoms with E-state index < -0.39 is 6.09 Å². The van der Waals surface area contributed by atoms with Gasteiger partial charge in [-0.05, 0) is 6.92 Å². The Morgan fingerprint density at radius 3 is 2.62 bits per heavy atom. The van der Waals surface area contributed by atoms with E-state index in [9.17, 15) is 9.59 Å². The number of amides is 1. The quantitative estimate of drug-likeness (QED) is 0.788. The molecule has 1 heterocycles. The normalized spacial score (nSPS) is 8.62. The van der Waals surface area contributed by atoms with E-state index in [-0.39, 0.29) is 5.97 Å². The minimum absolute atomic E-state index is 0.211. The van der Waals surface area contributed by atoms with E-state index in [0.717, 1.165) is 5.01 Å². The molecule has 0 aliphatic heterocycles. The first kappa shape index (κ1) is 14.4. The Kier molecular flexibility index (Phi) is 7.78. The van der Waals surface area contributed by atoms with Gasteiger partial charge in [0.15, 0.2) is 0 Å². The SMILES string of the molecule is CCOC(C)=O.O=C(O)NCc1nccs1. The highest BCUT2D eigenvalue weighted by Gasteiger charge is 1.96. The van der Waals surface area contributed by atoms with Gasteiger partial charge < -0.3 is 15.2 Å². The molecular weight excluding hydrogens is 232 g/mol. The zero-order valence-electron chi connectivity index (χ0n) is 9.10. The summed E-state index contributed by atoms with van der Waals surface area (Å²) in [6.45, 7) is 3.95. The first-order valence-corrected chi connectivity index (χ1v) is 5.42. The molecule has 0 spiro atoms. The molecule has 7 heteroatoms. The van der Waals surface area contributed by atoms with Crippen molar-refractivity contribution in [3.8, 4) is 0 Å². The maximum atomic E-state index is 9.96. The highest BCUT2D eigenvalue weighted by atomic mass is 32.1. The summed E-state index contributed by atoms with van der Waals surface area (Å²) >= 11 is 1.43. The number of rotatable bonds is 3. The summed E-state index contributed by atoms with van der Waals surface area (Å²) < 4.78 is 4.40. The van der Waals surface area contributed by atoms with Gasteiger partial charge in [-0.25, -0.2) is 9.78 Å². The number of hydrogen-bond donors (Lipinski definition) is 2. The van der Waals surface area contributed by atoms with Crippen LogP contribution in [-0.2, 0) is 16.1 Å². The number of nitrogens with one attached hydrogen (secondary N) is 1. The second-order valence-electron chi connectivity index (χ2n) is 2.51. The first-order valence-electron chi connectivity index (χ1n) is 4.54. The summed E-state index contributed by atoms with van der Waals surface area (Å²) in [5.41, 5.74) is 0. The number of ether oxygens (including phenoxy) is 1. The number of aromatic nitrogens is 1. The smallest absolute Gasteiger partial charge is 0.405 e. The Balaban J connectivity index is 0.000000325. The molecular formula is C9H14N2O4S. The van der Waals surface area contributed by atoms with E-state index >= 15 is 0 Å². The van der Waals surface area contributed by atoms with Gasteiger partial charge in [-0.3, -0.25) is 4.79 Å². The Bertz CT molecular complexity index is 313. The van der Waals surface area contributed by atoms with Gasteiger partial charge in [-0.2, -0.15) is 0 Å². The number of carbonyl (C=O) groups excluding carboxylic acids is 1. The lowest BCUT2D eigenvalue weighted by molar-refractivity contribution is -0.140. The average molecular weight is 246 g/mol. The van der Waals surface area contributed by atoms with E-state index in [0.29, 0.717) is 13.2 Å². The summed E-state index contributed by atoms with van der Waals surface area (Å²) in [7, 11) is 0. The van der Waals surface area contributed by atoms with Gasteiger partial charge in [0.05, 0.1) is 13.2 Å². The van der Waals surface area contributed by atoms with Gasteiger partial charge in [0.25, 0.3) is 0 Å². The minimum Gasteiger partial charge on any atom is -0.466 e. The van der Waals surface area contributed by atoms with Crippen LogP contribution in [0, 0.1) is 0 Å². The van der Waals surface area contributed by atoms with Crippen molar-refractivity contribution in [2.45, 2.75) is 20.4 Å². The lowest BCUT2D eigenvalue weighted by Gasteiger charge is -1.93. The van der Waals surface area contributed by atoms with E-state index in [1.807, 2.05) is 0 Å². The fourth-order valence-corrected chi connectivity index (χ4v) is 1.25. The monoisotopic (exact) mass is 246 g/mol. The van der Waals surface area contributed by atoms with Gasteiger partial charge in [0, 0.05) is 18.5 Å². The Labute approximate surface area is 97.3 Å². The van der Waals surface area contributed by atoms with Crippen molar-refractivity contribution in [3.05, 3.63) is 16.6 Å². The van der Waals surface area contributed by atoms with Crippen LogP contribution in [0.2, 0.25) is 0 Å². The molecule has 0 saturated heterocycles. The summed E-state index contributed by atoms with van der Waals surface area (Å²) in [5, 5.41) is 13.0. The molecule has 90 valence electrons. The van der Waals surface area contributed by atoms with E-state index in [1.165, 1.54) is 18.3 Å². The van der Waals surface area contributed by atoms with Gasteiger partial charge in [0.1, 0.15) is 5.01 Å². The Morgan fingerprint density at radius 2 is 2.31 bits per heavy atom. The Hall–Kier alpha value is -1.63. The van der Waals surface area contributed by atoms with Crippen molar-refractivity contribution in [2.24, 2.45) is 0 Å². The van der Waals surface area contributed by atoms with Crippen molar-refractivity contribution in [1.29, 1.82) is 0 Å². The molecule has 0 bridgehead atoms. The van der Waals surface area contributed by atoms with Crippen LogP contribution in [0.5, 0.6) is 0 Å². The molecule has 0 unspecified atom stereocenters. The van der Waals surface area contributed by atoms with Gasteiger partial charge in [-0.15, -0.1) is 11.3 Å². The maximum Gasteiger partial charge on any atom is 0.405 e. The van der Waals surface area contributed by atoms with E-state index in [2.05, 4.69) is 15.0 Å². The van der Waals surface area contributed by atoms with Crippen molar-refractivity contribution in [3.63, 3.8) is 0 Å². The molecule has 6 nitrogen and oxygen atoms in total. The molecule has 0 atom stereocenters. The van der Waals surface area contributed by atoms with E-state index in [1.54, 1.807) is 18.5 Å². The summed E-state index contributed by atoms with van der Waals surface area (Å²) in [4.78, 5) is 23.7. The first-order chi connectivity index (χ1) is 7.56. The lowest BCUT2D eigenvalue weighted by Crippen LogP contribution is -2.19. The molecule has 1 amide bonds.